The number of anilines is 1. The molecule has 3 aromatic rings. The molecule has 2 unspecified atom stereocenters. The number of carbonyl (C=O) groups excluding carboxylic acids is 1. The Labute approximate surface area is 214 Å². The van der Waals surface area contributed by atoms with Crippen LogP contribution in [0.25, 0.3) is 0 Å². The monoisotopic (exact) mass is 536 g/mol. The number of rotatable bonds is 9. The quantitative estimate of drug-likeness (QED) is 0.422. The second-order valence-electron chi connectivity index (χ2n) is 8.12. The third-order valence-corrected chi connectivity index (χ3v) is 7.94. The first-order valence-corrected chi connectivity index (χ1v) is 13.2. The summed E-state index contributed by atoms with van der Waals surface area (Å²) in [6, 6.07) is 12.9. The molecule has 3 rings (SSSR count). The maximum Gasteiger partial charge on any atom is 0.287 e. The summed E-state index contributed by atoms with van der Waals surface area (Å²) in [4.78, 5) is 25.1. The molecule has 0 aliphatic carbocycles. The van der Waals surface area contributed by atoms with Crippen LogP contribution in [0.5, 0.6) is 0 Å². The van der Waals surface area contributed by atoms with Crippen molar-refractivity contribution in [2.75, 3.05) is 5.32 Å². The largest absolute Gasteiger partial charge is 0.324 e. The summed E-state index contributed by atoms with van der Waals surface area (Å²) in [5.74, 6) is -0.575. The van der Waals surface area contributed by atoms with Crippen molar-refractivity contribution in [2.24, 2.45) is 0 Å². The number of benzene rings is 2. The average molecular weight is 537 g/mol. The van der Waals surface area contributed by atoms with Crippen molar-refractivity contribution in [3.05, 3.63) is 86.3 Å². The summed E-state index contributed by atoms with van der Waals surface area (Å²) in [6.07, 6.45) is 2.33. The van der Waals surface area contributed by atoms with Gasteiger partial charge < -0.3 is 5.32 Å². The Morgan fingerprint density at radius 2 is 1.83 bits per heavy atom. The van der Waals surface area contributed by atoms with Crippen LogP contribution in [0.2, 0.25) is 10.0 Å². The van der Waals surface area contributed by atoms with Crippen molar-refractivity contribution < 1.29 is 13.2 Å². The Morgan fingerprint density at radius 3 is 2.49 bits per heavy atom. The van der Waals surface area contributed by atoms with Gasteiger partial charge >= 0.3 is 0 Å². The fourth-order valence-electron chi connectivity index (χ4n) is 3.48. The van der Waals surface area contributed by atoms with Gasteiger partial charge in [-0.25, -0.2) is 17.8 Å². The number of aromatic nitrogens is 2. The Morgan fingerprint density at radius 1 is 1.14 bits per heavy atom. The molecule has 0 radical (unpaired) electrons. The molecule has 8 nitrogen and oxygen atoms in total. The van der Waals surface area contributed by atoms with E-state index >= 15 is 0 Å². The van der Waals surface area contributed by atoms with E-state index in [1.807, 2.05) is 37.3 Å². The number of nitrogens with zero attached hydrogens (tertiary/aromatic N) is 2. The Hall–Kier alpha value is -2.72. The highest BCUT2D eigenvalue weighted by molar-refractivity contribution is 7.89. The predicted molar refractivity (Wildman–Crippen MR) is 138 cm³/mol. The van der Waals surface area contributed by atoms with Crippen LogP contribution in [0.3, 0.4) is 0 Å². The van der Waals surface area contributed by atoms with Gasteiger partial charge in [0.25, 0.3) is 5.56 Å². The van der Waals surface area contributed by atoms with Gasteiger partial charge in [0.2, 0.25) is 15.9 Å². The summed E-state index contributed by atoms with van der Waals surface area (Å²) < 4.78 is 30.1. The third-order valence-electron chi connectivity index (χ3n) is 5.53. The van der Waals surface area contributed by atoms with Gasteiger partial charge in [-0.2, -0.15) is 5.10 Å². The van der Waals surface area contributed by atoms with Crippen molar-refractivity contribution in [2.45, 2.75) is 50.6 Å². The highest BCUT2D eigenvalue weighted by Crippen LogP contribution is 2.22. The zero-order chi connectivity index (χ0) is 25.8. The van der Waals surface area contributed by atoms with Crippen molar-refractivity contribution in [1.29, 1.82) is 0 Å². The van der Waals surface area contributed by atoms with Crippen LogP contribution in [0.1, 0.15) is 37.4 Å². The average Bonchev–Trinajstić information content (AvgIpc) is 2.83. The van der Waals surface area contributed by atoms with Crippen LogP contribution in [-0.4, -0.2) is 30.1 Å². The van der Waals surface area contributed by atoms with Gasteiger partial charge in [-0.05, 0) is 49.9 Å². The first kappa shape index (κ1) is 26.9. The summed E-state index contributed by atoms with van der Waals surface area (Å²) in [5.41, 5.74) is 1.11. The zero-order valence-electron chi connectivity index (χ0n) is 19.5. The number of hydrogen-bond donors (Lipinski definition) is 2. The molecule has 186 valence electrons. The summed E-state index contributed by atoms with van der Waals surface area (Å²) in [6.45, 7) is 5.07. The minimum Gasteiger partial charge on any atom is -0.324 e. The van der Waals surface area contributed by atoms with E-state index in [1.165, 1.54) is 19.2 Å². The van der Waals surface area contributed by atoms with Crippen LogP contribution < -0.4 is 15.6 Å². The number of halogens is 2. The number of nitrogens with one attached hydrogen (secondary N) is 2. The first-order chi connectivity index (χ1) is 16.5. The number of carbonyl (C=O) groups is 1. The lowest BCUT2D eigenvalue weighted by Gasteiger charge is -2.19. The van der Waals surface area contributed by atoms with Crippen LogP contribution in [-0.2, 0) is 21.2 Å². The van der Waals surface area contributed by atoms with E-state index in [0.29, 0.717) is 18.4 Å². The smallest absolute Gasteiger partial charge is 0.287 e. The number of amides is 1. The van der Waals surface area contributed by atoms with E-state index in [2.05, 4.69) is 15.1 Å². The van der Waals surface area contributed by atoms with Gasteiger partial charge in [-0.3, -0.25) is 9.59 Å². The normalized spacial score (nSPS) is 13.3. The molecule has 2 atom stereocenters. The van der Waals surface area contributed by atoms with E-state index in [-0.39, 0.29) is 26.7 Å². The molecule has 1 heterocycles. The highest BCUT2D eigenvalue weighted by atomic mass is 35.5. The Kier molecular flexibility index (Phi) is 8.71. The maximum absolute atomic E-state index is 13.2. The number of aryl methyl sites for hydroxylation is 1. The number of sulfonamides is 1. The standard InChI is InChI=1S/C24H26Cl2N4O4S/c1-4-18(12-17-8-6-5-7-9-17)29-35(33,34)21-13-19(11-10-15(21)2)28-23(31)16(3)30-24(32)22(26)20(25)14-27-30/h5-11,13-14,16,18,29H,4,12H2,1-3H3,(H,28,31). The van der Waals surface area contributed by atoms with E-state index in [0.717, 1.165) is 10.2 Å². The fraction of sp³-hybridized carbons (Fsp3) is 0.292. The van der Waals surface area contributed by atoms with Gasteiger partial charge in [0.05, 0.1) is 16.1 Å². The molecule has 2 aromatic carbocycles. The molecule has 0 saturated heterocycles. The van der Waals surface area contributed by atoms with Crippen LogP contribution in [0.4, 0.5) is 5.69 Å². The van der Waals surface area contributed by atoms with E-state index in [9.17, 15) is 18.0 Å². The van der Waals surface area contributed by atoms with Gasteiger partial charge in [-0.15, -0.1) is 0 Å². The molecule has 0 bridgehead atoms. The molecular formula is C24H26Cl2N4O4S. The lowest BCUT2D eigenvalue weighted by atomic mass is 10.1. The Bertz CT molecular complexity index is 1380. The molecule has 1 amide bonds. The van der Waals surface area contributed by atoms with Gasteiger partial charge in [-0.1, -0.05) is 66.5 Å². The lowest BCUT2D eigenvalue weighted by molar-refractivity contribution is -0.119. The first-order valence-electron chi connectivity index (χ1n) is 10.9. The molecule has 0 aliphatic heterocycles. The van der Waals surface area contributed by atoms with Crippen LogP contribution in [0.15, 0.2) is 64.4 Å². The van der Waals surface area contributed by atoms with Crippen LogP contribution >= 0.6 is 23.2 Å². The number of hydrogen-bond acceptors (Lipinski definition) is 5. The maximum atomic E-state index is 13.2. The minimum absolute atomic E-state index is 0.0148. The molecule has 1 aromatic heterocycles. The summed E-state index contributed by atoms with van der Waals surface area (Å²) in [7, 11) is -3.87. The third kappa shape index (κ3) is 6.49. The van der Waals surface area contributed by atoms with Gasteiger partial charge in [0, 0.05) is 11.7 Å². The second-order valence-corrected chi connectivity index (χ2v) is 10.6. The van der Waals surface area contributed by atoms with E-state index in [1.54, 1.807) is 19.1 Å². The lowest BCUT2D eigenvalue weighted by Crippen LogP contribution is -2.36. The topological polar surface area (TPSA) is 110 Å². The van der Waals surface area contributed by atoms with Gasteiger partial charge in [0.15, 0.2) is 0 Å². The minimum atomic E-state index is -3.87. The highest BCUT2D eigenvalue weighted by Gasteiger charge is 2.24. The van der Waals surface area contributed by atoms with Crippen molar-refractivity contribution >= 4 is 44.8 Å². The molecular weight excluding hydrogens is 511 g/mol. The summed E-state index contributed by atoms with van der Waals surface area (Å²) >= 11 is 11.7. The SMILES string of the molecule is CCC(Cc1ccccc1)NS(=O)(=O)c1cc(NC(=O)C(C)n2ncc(Cl)c(Cl)c2=O)ccc1C. The predicted octanol–water partition coefficient (Wildman–Crippen LogP) is 4.36. The van der Waals surface area contributed by atoms with Crippen molar-refractivity contribution in [3.8, 4) is 0 Å². The molecule has 0 saturated carbocycles. The van der Waals surface area contributed by atoms with Crippen molar-refractivity contribution in [3.63, 3.8) is 0 Å². The zero-order valence-corrected chi connectivity index (χ0v) is 21.8. The molecule has 2 N–H and O–H groups in total. The van der Waals surface area contributed by atoms with Crippen LogP contribution in [0, 0.1) is 6.92 Å². The van der Waals surface area contributed by atoms with Gasteiger partial charge in [0.1, 0.15) is 11.1 Å². The van der Waals surface area contributed by atoms with Crippen molar-refractivity contribution in [1.82, 2.24) is 14.5 Å². The molecule has 0 aliphatic rings. The second kappa shape index (κ2) is 11.3. The summed E-state index contributed by atoms with van der Waals surface area (Å²) in [5, 5.41) is 6.26. The molecule has 0 fully saturated rings. The molecule has 35 heavy (non-hydrogen) atoms. The Balaban J connectivity index is 1.80. The fourth-order valence-corrected chi connectivity index (χ4v) is 5.33. The molecule has 11 heteroatoms. The molecule has 0 spiro atoms. The van der Waals surface area contributed by atoms with E-state index in [4.69, 9.17) is 23.2 Å². The van der Waals surface area contributed by atoms with E-state index < -0.39 is 27.5 Å².